The normalized spacial score (nSPS) is 9.88. The highest BCUT2D eigenvalue weighted by atomic mass is 16.5. The Labute approximate surface area is 48.8 Å². The van der Waals surface area contributed by atoms with Gasteiger partial charge in [-0.3, -0.25) is 0 Å². The first kappa shape index (κ1) is 7.46. The van der Waals surface area contributed by atoms with Crippen LogP contribution in [0.15, 0.2) is 12.3 Å². The van der Waals surface area contributed by atoms with Crippen molar-refractivity contribution in [1.29, 1.82) is 0 Å². The lowest BCUT2D eigenvalue weighted by Crippen LogP contribution is -2.20. The summed E-state index contributed by atoms with van der Waals surface area (Å²) in [4.78, 5) is 0. The molecule has 0 aromatic carbocycles. The van der Waals surface area contributed by atoms with Crippen molar-refractivity contribution in [3.05, 3.63) is 12.3 Å². The minimum Gasteiger partial charge on any atom is -0.511 e. The molecule has 2 N–H and O–H groups in total. The van der Waals surface area contributed by atoms with Crippen molar-refractivity contribution in [2.24, 2.45) is 0 Å². The Morgan fingerprint density at radius 3 is 2.38 bits per heavy atom. The smallest absolute Gasteiger partial charge is 0.101 e. The molecule has 0 saturated carbocycles. The van der Waals surface area contributed by atoms with Crippen LogP contribution in [0.2, 0.25) is 0 Å². The van der Waals surface area contributed by atoms with E-state index < -0.39 is 0 Å². The summed E-state index contributed by atoms with van der Waals surface area (Å²) in [6.45, 7) is 5.61. The standard InChI is InChI=1S/C5H11NO2/c1-3-6(8)4-5(2)7/h7-8H,2-4H2,1H3. The molecule has 0 atom stereocenters. The Morgan fingerprint density at radius 1 is 1.75 bits per heavy atom. The zero-order valence-corrected chi connectivity index (χ0v) is 4.96. The minimum atomic E-state index is -0.0191. The van der Waals surface area contributed by atoms with E-state index in [9.17, 15) is 0 Å². The number of likely N-dealkylation sites (N-methyl/N-ethyl adjacent to an activating group) is 1. The highest BCUT2D eigenvalue weighted by molar-refractivity contribution is 4.80. The highest BCUT2D eigenvalue weighted by Crippen LogP contribution is 1.85. The fraction of sp³-hybridized carbons (Fsp3) is 0.600. The second-order valence-electron chi connectivity index (χ2n) is 1.55. The first-order valence-corrected chi connectivity index (χ1v) is 2.47. The van der Waals surface area contributed by atoms with E-state index in [2.05, 4.69) is 6.58 Å². The summed E-state index contributed by atoms with van der Waals surface area (Å²) in [6.07, 6.45) is 0. The Hall–Kier alpha value is -0.540. The third-order valence-corrected chi connectivity index (χ3v) is 0.730. The molecule has 0 saturated heterocycles. The molecular formula is C5H11NO2. The monoisotopic (exact) mass is 117 g/mol. The summed E-state index contributed by atoms with van der Waals surface area (Å²) in [5.41, 5.74) is 0. The van der Waals surface area contributed by atoms with Gasteiger partial charge >= 0.3 is 0 Å². The molecule has 0 heterocycles. The highest BCUT2D eigenvalue weighted by Gasteiger charge is 1.95. The number of hydroxylamine groups is 2. The van der Waals surface area contributed by atoms with Crippen molar-refractivity contribution < 1.29 is 10.3 Å². The maximum absolute atomic E-state index is 8.64. The summed E-state index contributed by atoms with van der Waals surface area (Å²) in [5, 5.41) is 18.1. The predicted octanol–water partition coefficient (Wildman–Crippen LogP) is 0.769. The first-order chi connectivity index (χ1) is 3.66. The summed E-state index contributed by atoms with van der Waals surface area (Å²) < 4.78 is 0. The molecule has 0 rings (SSSR count). The van der Waals surface area contributed by atoms with Crippen molar-refractivity contribution in [2.75, 3.05) is 13.1 Å². The van der Waals surface area contributed by atoms with Gasteiger partial charge in [0.05, 0.1) is 6.54 Å². The van der Waals surface area contributed by atoms with Crippen molar-refractivity contribution in [2.45, 2.75) is 6.92 Å². The van der Waals surface area contributed by atoms with Gasteiger partial charge in [0.1, 0.15) is 5.76 Å². The van der Waals surface area contributed by atoms with Crippen LogP contribution >= 0.6 is 0 Å². The van der Waals surface area contributed by atoms with Crippen molar-refractivity contribution in [3.8, 4) is 0 Å². The third-order valence-electron chi connectivity index (χ3n) is 0.730. The van der Waals surface area contributed by atoms with Gasteiger partial charge < -0.3 is 10.3 Å². The molecular weight excluding hydrogens is 106 g/mol. The topological polar surface area (TPSA) is 43.7 Å². The molecule has 0 aliphatic carbocycles. The van der Waals surface area contributed by atoms with E-state index in [1.54, 1.807) is 6.92 Å². The third kappa shape index (κ3) is 3.64. The predicted molar refractivity (Wildman–Crippen MR) is 30.8 cm³/mol. The van der Waals surface area contributed by atoms with Gasteiger partial charge in [-0.2, -0.15) is 5.06 Å². The van der Waals surface area contributed by atoms with Crippen LogP contribution in [-0.2, 0) is 0 Å². The van der Waals surface area contributed by atoms with Gasteiger partial charge in [0, 0.05) is 6.54 Å². The molecule has 0 aliphatic heterocycles. The Kier molecular flexibility index (Phi) is 3.23. The van der Waals surface area contributed by atoms with E-state index in [1.807, 2.05) is 0 Å². The lowest BCUT2D eigenvalue weighted by atomic mass is 10.5. The van der Waals surface area contributed by atoms with E-state index in [1.165, 1.54) is 0 Å². The molecule has 0 aromatic heterocycles. The molecule has 0 unspecified atom stereocenters. The van der Waals surface area contributed by atoms with E-state index in [0.717, 1.165) is 5.06 Å². The minimum absolute atomic E-state index is 0.0191. The van der Waals surface area contributed by atoms with Gasteiger partial charge in [-0.05, 0) is 0 Å². The summed E-state index contributed by atoms with van der Waals surface area (Å²) >= 11 is 0. The molecule has 0 aromatic rings. The van der Waals surface area contributed by atoms with Crippen LogP contribution in [0, 0.1) is 0 Å². The molecule has 0 bridgehead atoms. The zero-order valence-electron chi connectivity index (χ0n) is 4.96. The largest absolute Gasteiger partial charge is 0.511 e. The molecule has 3 heteroatoms. The summed E-state index contributed by atoms with van der Waals surface area (Å²) in [7, 11) is 0. The number of nitrogens with zero attached hydrogens (tertiary/aromatic N) is 1. The van der Waals surface area contributed by atoms with Crippen LogP contribution in [0.25, 0.3) is 0 Å². The Bertz CT molecular complexity index is 82.5. The zero-order chi connectivity index (χ0) is 6.57. The number of aliphatic hydroxyl groups is 1. The van der Waals surface area contributed by atoms with Crippen molar-refractivity contribution in [3.63, 3.8) is 0 Å². The number of aliphatic hydroxyl groups excluding tert-OH is 1. The average molecular weight is 117 g/mol. The molecule has 0 spiro atoms. The van der Waals surface area contributed by atoms with Crippen LogP contribution in [0.4, 0.5) is 0 Å². The van der Waals surface area contributed by atoms with Gasteiger partial charge in [-0.25, -0.2) is 0 Å². The van der Waals surface area contributed by atoms with Crippen LogP contribution < -0.4 is 0 Å². The fourth-order valence-corrected chi connectivity index (χ4v) is 0.322. The second-order valence-corrected chi connectivity index (χ2v) is 1.55. The number of hydrogen-bond donors (Lipinski definition) is 2. The van der Waals surface area contributed by atoms with Crippen LogP contribution in [-0.4, -0.2) is 28.5 Å². The maximum atomic E-state index is 8.64. The van der Waals surface area contributed by atoms with E-state index in [0.29, 0.717) is 6.54 Å². The van der Waals surface area contributed by atoms with Crippen molar-refractivity contribution >= 4 is 0 Å². The second kappa shape index (κ2) is 3.46. The van der Waals surface area contributed by atoms with Gasteiger partial charge in [0.2, 0.25) is 0 Å². The van der Waals surface area contributed by atoms with Crippen LogP contribution in [0.5, 0.6) is 0 Å². The number of rotatable bonds is 3. The molecule has 0 fully saturated rings. The quantitative estimate of drug-likeness (QED) is 0.424. The van der Waals surface area contributed by atoms with Gasteiger partial charge in [0.25, 0.3) is 0 Å². The molecule has 0 amide bonds. The van der Waals surface area contributed by atoms with Crippen molar-refractivity contribution in [1.82, 2.24) is 5.06 Å². The van der Waals surface area contributed by atoms with E-state index in [4.69, 9.17) is 10.3 Å². The molecule has 3 nitrogen and oxygen atoms in total. The summed E-state index contributed by atoms with van der Waals surface area (Å²) in [6, 6.07) is 0. The molecule has 0 radical (unpaired) electrons. The van der Waals surface area contributed by atoms with Crippen LogP contribution in [0.3, 0.4) is 0 Å². The lowest BCUT2D eigenvalue weighted by molar-refractivity contribution is -0.0836. The Balaban J connectivity index is 3.24. The fourth-order valence-electron chi connectivity index (χ4n) is 0.322. The maximum Gasteiger partial charge on any atom is 0.101 e. The lowest BCUT2D eigenvalue weighted by Gasteiger charge is -2.08. The SMILES string of the molecule is C=C(O)CN(O)CC. The molecule has 0 aliphatic rings. The van der Waals surface area contributed by atoms with E-state index >= 15 is 0 Å². The Morgan fingerprint density at radius 2 is 2.25 bits per heavy atom. The van der Waals surface area contributed by atoms with Gasteiger partial charge in [-0.1, -0.05) is 13.5 Å². The van der Waals surface area contributed by atoms with Gasteiger partial charge in [0.15, 0.2) is 0 Å². The number of hydrogen-bond acceptors (Lipinski definition) is 3. The first-order valence-electron chi connectivity index (χ1n) is 2.47. The molecule has 8 heavy (non-hydrogen) atoms. The van der Waals surface area contributed by atoms with E-state index in [-0.39, 0.29) is 12.3 Å². The van der Waals surface area contributed by atoms with Crippen LogP contribution in [0.1, 0.15) is 6.92 Å². The summed E-state index contributed by atoms with van der Waals surface area (Å²) in [5.74, 6) is -0.0191. The molecule has 48 valence electrons. The average Bonchev–Trinajstić information content (AvgIpc) is 1.65. The van der Waals surface area contributed by atoms with Gasteiger partial charge in [-0.15, -0.1) is 0 Å².